The molecule has 5 amide bonds. The molecule has 0 aromatic rings. The van der Waals surface area contributed by atoms with Crippen LogP contribution < -0.4 is 26.6 Å². The molecule has 0 aromatic carbocycles. The van der Waals surface area contributed by atoms with Crippen molar-refractivity contribution in [1.82, 2.24) is 26.6 Å². The molecule has 0 spiro atoms. The number of carboxylic acids is 1. The predicted molar refractivity (Wildman–Crippen MR) is 388 cm³/mol. The first kappa shape index (κ1) is 104. The summed E-state index contributed by atoms with van der Waals surface area (Å²) >= 11 is 0. The van der Waals surface area contributed by atoms with Crippen LogP contribution >= 0.6 is 0 Å². The second-order valence-electron chi connectivity index (χ2n) is 31.7. The van der Waals surface area contributed by atoms with Gasteiger partial charge in [0.05, 0.1) is 59.5 Å². The summed E-state index contributed by atoms with van der Waals surface area (Å²) in [6.45, 7) is -5.73. The SMILES string of the molecule is CC(=O)N[C@@H]1[C@@H](O)[C@H](O[C@@H]2O[C@H](CO)[C@@H](O[C@@H]3O[C@H](CO[C@H]4O[C@H](CO)[C@@H](O)[C@H](O)[C@@H]4O[C@@H]4O[C@H](CO)[C@@H](O[C@@H]5O[C@H](CO)[C@H](O)[C@H](O[C@@H]6O[C@H](CO)[C@H](O)[C@H](O[C@@H]7O[C@H](C(=O)O)[C@@H](O)[C@H](O)[C@H]7O)[C@H]6O)[C@H]5NC(C)=O)[C@H](O)[C@H]4NC(C)=O)[C@@H](O)[C@H](O[C@H]4O[C@H](CO)[C@@H](O)[C@H](O)[C@@H]4O[C@@H]4O[C@H](CO)[C@@H](O)[C@H](O)[C@H]4NC(C)=O)[C@@H]3O)[C@H](O)[C@H]2NC(C)=O)[C@@H](CO)O[C@H]1O. The van der Waals surface area contributed by atoms with Crippen LogP contribution in [0.5, 0.6) is 0 Å². The van der Waals surface area contributed by atoms with Crippen molar-refractivity contribution in [2.45, 2.75) is 341 Å². The molecule has 10 saturated heterocycles. The lowest BCUT2D eigenvalue weighted by Gasteiger charge is -2.51. The maximum absolute atomic E-state index is 13.3. The van der Waals surface area contributed by atoms with Crippen molar-refractivity contribution in [3.05, 3.63) is 0 Å². The zero-order chi connectivity index (χ0) is 93.7. The summed E-state index contributed by atoms with van der Waals surface area (Å²) in [4.78, 5) is 76.1. The molecule has 0 saturated carbocycles. The second-order valence-corrected chi connectivity index (χ2v) is 31.7. The Balaban J connectivity index is 0.951. The maximum atomic E-state index is 13.3. The van der Waals surface area contributed by atoms with Gasteiger partial charge in [0.2, 0.25) is 29.5 Å². The van der Waals surface area contributed by atoms with Gasteiger partial charge >= 0.3 is 5.97 Å². The Bertz CT molecular complexity index is 3530. The van der Waals surface area contributed by atoms with E-state index in [1.165, 1.54) is 0 Å². The average Bonchev–Trinajstić information content (AvgIpc) is 0.768. The minimum atomic E-state index is -2.58. The quantitative estimate of drug-likeness (QED) is 0.0290. The molecule has 732 valence electrons. The molecule has 0 radical (unpaired) electrons. The van der Waals surface area contributed by atoms with Gasteiger partial charge in [-0.2, -0.15) is 0 Å². The van der Waals surface area contributed by atoms with Crippen molar-refractivity contribution in [3.63, 3.8) is 0 Å². The fourth-order valence-corrected chi connectivity index (χ4v) is 16.3. The van der Waals surface area contributed by atoms with Crippen LogP contribution in [0.2, 0.25) is 0 Å². The molecule has 127 heavy (non-hydrogen) atoms. The first-order valence-corrected chi connectivity index (χ1v) is 40.1. The van der Waals surface area contributed by atoms with Gasteiger partial charge in [0.25, 0.3) is 0 Å². The summed E-state index contributed by atoms with van der Waals surface area (Å²) in [5, 5.41) is 313. The Labute approximate surface area is 717 Å². The summed E-state index contributed by atoms with van der Waals surface area (Å²) in [6, 6.07) is -9.47. The highest BCUT2D eigenvalue weighted by Crippen LogP contribution is 2.41. The number of ether oxygens (including phenoxy) is 19. The third-order valence-corrected chi connectivity index (χ3v) is 22.8. The van der Waals surface area contributed by atoms with Gasteiger partial charge in [-0.05, 0) is 0 Å². The van der Waals surface area contributed by atoms with E-state index in [4.69, 9.17) is 90.0 Å². The highest BCUT2D eigenvalue weighted by atomic mass is 16.8. The number of hydrogen-bond acceptors (Lipinski definition) is 51. The number of hydrogen-bond donors (Lipinski definition) is 32. The molecule has 0 aliphatic carbocycles. The van der Waals surface area contributed by atoms with E-state index in [-0.39, 0.29) is 0 Å². The predicted octanol–water partition coefficient (Wildman–Crippen LogP) is -22.0. The lowest BCUT2D eigenvalue weighted by molar-refractivity contribution is -0.396. The summed E-state index contributed by atoms with van der Waals surface area (Å²) in [5.41, 5.74) is 0. The number of nitrogens with one attached hydrogen (secondary N) is 5. The molecule has 10 fully saturated rings. The molecule has 0 bridgehead atoms. The van der Waals surface area contributed by atoms with E-state index in [2.05, 4.69) is 26.6 Å². The lowest BCUT2D eigenvalue weighted by atomic mass is 9.93. The van der Waals surface area contributed by atoms with Gasteiger partial charge in [-0.15, -0.1) is 0 Å². The largest absolute Gasteiger partial charge is 0.479 e. The van der Waals surface area contributed by atoms with E-state index < -0.39 is 402 Å². The van der Waals surface area contributed by atoms with Crippen LogP contribution in [-0.4, -0.2) is 540 Å². The number of aliphatic hydroxyl groups excluding tert-OH is 26. The minimum Gasteiger partial charge on any atom is -0.479 e. The summed E-state index contributed by atoms with van der Waals surface area (Å²) < 4.78 is 113. The van der Waals surface area contributed by atoms with E-state index in [0.29, 0.717) is 0 Å². The molecular formula is C70H115N5O52. The van der Waals surface area contributed by atoms with Gasteiger partial charge in [-0.25, -0.2) is 4.79 Å². The Morgan fingerprint density at radius 3 is 0.929 bits per heavy atom. The minimum absolute atomic E-state index is 0.799. The third-order valence-electron chi connectivity index (χ3n) is 22.8. The monoisotopic (exact) mass is 1860 g/mol. The van der Waals surface area contributed by atoms with Crippen LogP contribution in [0.1, 0.15) is 34.6 Å². The smallest absolute Gasteiger partial charge is 0.335 e. The van der Waals surface area contributed by atoms with Crippen molar-refractivity contribution in [1.29, 1.82) is 0 Å². The van der Waals surface area contributed by atoms with Gasteiger partial charge in [-0.3, -0.25) is 24.0 Å². The maximum Gasteiger partial charge on any atom is 0.335 e. The van der Waals surface area contributed by atoms with E-state index in [9.17, 15) is 167 Å². The van der Waals surface area contributed by atoms with Gasteiger partial charge < -0.3 is 254 Å². The van der Waals surface area contributed by atoms with Crippen molar-refractivity contribution >= 4 is 35.5 Å². The van der Waals surface area contributed by atoms with E-state index in [1.54, 1.807) is 0 Å². The van der Waals surface area contributed by atoms with Crippen LogP contribution in [0, 0.1) is 0 Å². The standard InChI is InChI=1S/C70H115N5O52/c1-15(84)71-29-41(96)51(25(11-81)110-61(29)108)119-63-31(73-17(3)86)43(98)53(27(13-83)116-63)121-68-50(105)56(124-70-59(46(101)36(91)22(8-78)115-70)127-62-30(72-16(2)85)40(95)34(89)20(6-76)111-62)39(94)28(118-68)14-109-69-58(45(100)35(90)21(7-77)114-69)126-64-32(74-18(4)87)42(97)52(26(12-82)117-64)120-65-33(75-19(5)88)54(37(92)23(9-79)112-65)122-67-49(104)55(38(93)24(10-80)113-67)123-66-48(103)44(99)47(102)57(125-66)60(106)107/h20-59,61-70,76-83,89-105,108H,6-14H2,1-5H3,(H,71,84)(H,72,85)(H,73,86)(H,74,87)(H,75,88)(H,106,107)/t20-,21-,22-,23-,24-,25-,26-,27-,28-,29-,30-,31-,32-,33-,34-,35-,36-,37+,38+,39-,40-,41-,42-,43-,44+,45+,46+,47+,48-,49-,50+,51-,52-,53-,54-,55+,56+,57+,58+,59+,61-,62+,63+,64+,65+,66-,67+,68+,69+,70-/m1/s1. The first-order chi connectivity index (χ1) is 60.0. The molecule has 32 N–H and O–H groups in total. The van der Waals surface area contributed by atoms with Gasteiger partial charge in [-0.1, -0.05) is 0 Å². The van der Waals surface area contributed by atoms with E-state index in [0.717, 1.165) is 34.6 Å². The molecule has 0 aromatic heterocycles. The molecule has 10 heterocycles. The van der Waals surface area contributed by atoms with Crippen LogP contribution in [-0.2, 0) is 119 Å². The molecule has 0 unspecified atom stereocenters. The van der Waals surface area contributed by atoms with Crippen LogP contribution in [0.3, 0.4) is 0 Å². The van der Waals surface area contributed by atoms with Crippen molar-refractivity contribution < 1.29 is 257 Å². The molecule has 10 aliphatic heterocycles. The zero-order valence-electron chi connectivity index (χ0n) is 68.0. The molecule has 50 atom stereocenters. The number of aliphatic carboxylic acids is 1. The molecule has 57 nitrogen and oxygen atoms in total. The Kier molecular flexibility index (Phi) is 37.2. The topological polar surface area (TPSA) is 884 Å². The van der Waals surface area contributed by atoms with E-state index >= 15 is 0 Å². The highest BCUT2D eigenvalue weighted by molar-refractivity contribution is 5.75. The number of carbonyl (C=O) groups is 6. The zero-order valence-corrected chi connectivity index (χ0v) is 68.0. The summed E-state index contributed by atoms with van der Waals surface area (Å²) in [5.74, 6) is -6.54. The van der Waals surface area contributed by atoms with Crippen LogP contribution in [0.15, 0.2) is 0 Å². The van der Waals surface area contributed by atoms with E-state index in [1.807, 2.05) is 0 Å². The van der Waals surface area contributed by atoms with Gasteiger partial charge in [0.15, 0.2) is 69.0 Å². The second kappa shape index (κ2) is 45.4. The Morgan fingerprint density at radius 1 is 0.228 bits per heavy atom. The fraction of sp³-hybridized carbons (Fsp3) is 0.914. The Hall–Kier alpha value is -4.98. The van der Waals surface area contributed by atoms with Crippen LogP contribution in [0.25, 0.3) is 0 Å². The Morgan fingerprint density at radius 2 is 0.504 bits per heavy atom. The molecule has 10 aliphatic rings. The molecular weight excluding hydrogens is 1740 g/mol. The van der Waals surface area contributed by atoms with Gasteiger partial charge in [0, 0.05) is 34.6 Å². The fourth-order valence-electron chi connectivity index (χ4n) is 16.3. The summed E-state index contributed by atoms with van der Waals surface area (Å²) in [6.07, 6.45) is -97.4. The summed E-state index contributed by atoms with van der Waals surface area (Å²) in [7, 11) is 0. The van der Waals surface area contributed by atoms with Crippen molar-refractivity contribution in [3.8, 4) is 0 Å². The lowest BCUT2D eigenvalue weighted by Crippen LogP contribution is -2.71. The number of aliphatic hydroxyl groups is 26. The number of carboxylic acid groups (broad SMARTS) is 1. The number of carbonyl (C=O) groups excluding carboxylic acids is 5. The average molecular weight is 1860 g/mol. The van der Waals surface area contributed by atoms with Crippen molar-refractivity contribution in [2.24, 2.45) is 0 Å². The normalized spacial score (nSPS) is 48.1. The number of rotatable bonds is 33. The first-order valence-electron chi connectivity index (χ1n) is 40.1. The molecule has 57 heteroatoms. The van der Waals surface area contributed by atoms with Gasteiger partial charge in [0.1, 0.15) is 238 Å². The number of amides is 5. The molecule has 10 rings (SSSR count). The van der Waals surface area contributed by atoms with Crippen LogP contribution in [0.4, 0.5) is 0 Å². The van der Waals surface area contributed by atoms with Crippen molar-refractivity contribution in [2.75, 3.05) is 59.5 Å². The third kappa shape index (κ3) is 23.2. The highest BCUT2D eigenvalue weighted by Gasteiger charge is 2.62.